The van der Waals surface area contributed by atoms with Gasteiger partial charge in [0.2, 0.25) is 0 Å². The molecule has 1 spiro atoms. The van der Waals surface area contributed by atoms with Crippen LogP contribution in [0.2, 0.25) is 0 Å². The van der Waals surface area contributed by atoms with Gasteiger partial charge in [0.25, 0.3) is 0 Å². The summed E-state index contributed by atoms with van der Waals surface area (Å²) >= 11 is 0. The summed E-state index contributed by atoms with van der Waals surface area (Å²) in [6, 6.07) is 0. The van der Waals surface area contributed by atoms with Gasteiger partial charge in [0, 0.05) is 6.92 Å². The minimum absolute atomic E-state index is 0.0434. The topological polar surface area (TPSA) is 76.1 Å². The summed E-state index contributed by atoms with van der Waals surface area (Å²) in [5, 5.41) is 11.9. The molecule has 0 aromatic rings. The second-order valence-corrected chi connectivity index (χ2v) is 10.3. The molecule has 5 fully saturated rings. The highest BCUT2D eigenvalue weighted by atomic mass is 16.6. The number of Topliss-reactive ketones (excluding diaryl/α,β-unsaturated/α-hetero) is 1. The first-order valence-electron chi connectivity index (χ1n) is 10.8. The highest BCUT2D eigenvalue weighted by Crippen LogP contribution is 2.72. The van der Waals surface area contributed by atoms with Gasteiger partial charge in [-0.25, -0.2) is 0 Å². The van der Waals surface area contributed by atoms with Gasteiger partial charge >= 0.3 is 5.97 Å². The monoisotopic (exact) mass is 376 g/mol. The molecular weight excluding hydrogens is 344 g/mol. The van der Waals surface area contributed by atoms with Crippen LogP contribution >= 0.6 is 0 Å². The largest absolute Gasteiger partial charge is 0.463 e. The summed E-state index contributed by atoms with van der Waals surface area (Å²) in [5.74, 6) is 1.07. The van der Waals surface area contributed by atoms with Crippen LogP contribution in [0.25, 0.3) is 0 Å². The molecule has 4 aliphatic carbocycles. The maximum atomic E-state index is 12.2. The second kappa shape index (κ2) is 5.56. The Morgan fingerprint density at radius 3 is 2.52 bits per heavy atom. The maximum Gasteiger partial charge on any atom is 0.302 e. The molecule has 0 aromatic heterocycles. The van der Waals surface area contributed by atoms with E-state index in [4.69, 9.17) is 9.47 Å². The Hall–Kier alpha value is -0.940. The minimum atomic E-state index is -0.836. The lowest BCUT2D eigenvalue weighted by molar-refractivity contribution is -0.176. The van der Waals surface area contributed by atoms with Crippen molar-refractivity contribution >= 4 is 11.8 Å². The fourth-order valence-corrected chi connectivity index (χ4v) is 8.10. The molecule has 5 rings (SSSR count). The molecule has 2 unspecified atom stereocenters. The number of esters is 1. The summed E-state index contributed by atoms with van der Waals surface area (Å²) < 4.78 is 11.7. The van der Waals surface area contributed by atoms with E-state index < -0.39 is 11.2 Å². The van der Waals surface area contributed by atoms with Gasteiger partial charge in [-0.15, -0.1) is 0 Å². The third-order valence-electron chi connectivity index (χ3n) is 9.32. The first-order valence-corrected chi connectivity index (χ1v) is 10.8. The Morgan fingerprint density at radius 2 is 1.81 bits per heavy atom. The summed E-state index contributed by atoms with van der Waals surface area (Å²) in [5.41, 5.74) is -1.25. The van der Waals surface area contributed by atoms with Crippen LogP contribution in [0.4, 0.5) is 0 Å². The van der Waals surface area contributed by atoms with Crippen molar-refractivity contribution in [3.8, 4) is 0 Å². The predicted octanol–water partition coefficient (Wildman–Crippen LogP) is 3.02. The number of epoxide rings is 1. The predicted molar refractivity (Wildman–Crippen MR) is 97.8 cm³/mol. The van der Waals surface area contributed by atoms with E-state index in [-0.39, 0.29) is 41.2 Å². The lowest BCUT2D eigenvalue weighted by Crippen LogP contribution is -2.63. The molecule has 1 saturated heterocycles. The minimum Gasteiger partial charge on any atom is -0.463 e. The molecule has 27 heavy (non-hydrogen) atoms. The molecule has 9 atom stereocenters. The van der Waals surface area contributed by atoms with Crippen LogP contribution in [-0.2, 0) is 19.1 Å². The zero-order valence-electron chi connectivity index (χ0n) is 16.7. The van der Waals surface area contributed by atoms with Crippen LogP contribution in [0.15, 0.2) is 0 Å². The van der Waals surface area contributed by atoms with Crippen LogP contribution in [-0.4, -0.2) is 40.3 Å². The first kappa shape index (κ1) is 18.1. The number of rotatable bonds is 2. The van der Waals surface area contributed by atoms with Gasteiger partial charge in [0.05, 0.1) is 17.6 Å². The first-order chi connectivity index (χ1) is 12.7. The van der Waals surface area contributed by atoms with Crippen molar-refractivity contribution in [2.24, 2.45) is 29.1 Å². The molecular formula is C22H32O5. The Morgan fingerprint density at radius 1 is 1.04 bits per heavy atom. The zero-order chi connectivity index (χ0) is 19.2. The smallest absolute Gasteiger partial charge is 0.302 e. The highest BCUT2D eigenvalue weighted by molar-refractivity contribution is 5.81. The quantitative estimate of drug-likeness (QED) is 0.592. The fraction of sp³-hybridized carbons (Fsp3) is 0.909. The number of aliphatic hydroxyl groups is 1. The molecule has 1 N–H and O–H groups in total. The van der Waals surface area contributed by atoms with Gasteiger partial charge in [-0.05, 0) is 81.5 Å². The van der Waals surface area contributed by atoms with Gasteiger partial charge in [0.15, 0.2) is 0 Å². The zero-order valence-corrected chi connectivity index (χ0v) is 16.7. The van der Waals surface area contributed by atoms with E-state index in [1.54, 1.807) is 6.92 Å². The summed E-state index contributed by atoms with van der Waals surface area (Å²) in [7, 11) is 0. The normalized spacial score (nSPS) is 55.6. The average Bonchev–Trinajstić information content (AvgIpc) is 3.23. The summed E-state index contributed by atoms with van der Waals surface area (Å²) in [4.78, 5) is 23.6. The summed E-state index contributed by atoms with van der Waals surface area (Å²) in [6.07, 6.45) is 7.51. The molecule has 0 bridgehead atoms. The Balaban J connectivity index is 1.42. The SMILES string of the molecule is CC(=O)O[C@@H]1CC[C@]2(C)C3C[C@H]4O[C@]45[C@@H](C(C)=O)CC[C@]5(O)C3CC[C@@H]2C1. The lowest BCUT2D eigenvalue weighted by atomic mass is 9.46. The molecule has 0 radical (unpaired) electrons. The number of hydrogen-bond acceptors (Lipinski definition) is 5. The van der Waals surface area contributed by atoms with Crippen molar-refractivity contribution < 1.29 is 24.2 Å². The van der Waals surface area contributed by atoms with Crippen LogP contribution in [0.5, 0.6) is 0 Å². The van der Waals surface area contributed by atoms with Crippen LogP contribution in [0.1, 0.15) is 72.1 Å². The molecule has 0 aromatic carbocycles. The van der Waals surface area contributed by atoms with Crippen LogP contribution in [0, 0.1) is 29.1 Å². The molecule has 5 aliphatic rings. The van der Waals surface area contributed by atoms with Gasteiger partial charge in [0.1, 0.15) is 17.5 Å². The molecule has 5 nitrogen and oxygen atoms in total. The molecule has 5 heteroatoms. The van der Waals surface area contributed by atoms with Crippen molar-refractivity contribution in [2.75, 3.05) is 0 Å². The van der Waals surface area contributed by atoms with Crippen molar-refractivity contribution in [1.82, 2.24) is 0 Å². The van der Waals surface area contributed by atoms with Gasteiger partial charge in [-0.2, -0.15) is 0 Å². The van der Waals surface area contributed by atoms with E-state index in [0.717, 1.165) is 44.9 Å². The molecule has 4 saturated carbocycles. The second-order valence-electron chi connectivity index (χ2n) is 10.3. The molecule has 1 aliphatic heterocycles. The number of fused-ring (bicyclic) bond motifs is 4. The maximum absolute atomic E-state index is 12.2. The van der Waals surface area contributed by atoms with Crippen LogP contribution < -0.4 is 0 Å². The molecule has 1 heterocycles. The number of carbonyl (C=O) groups is 2. The van der Waals surface area contributed by atoms with E-state index in [9.17, 15) is 14.7 Å². The molecule has 150 valence electrons. The lowest BCUT2D eigenvalue weighted by Gasteiger charge is -2.59. The van der Waals surface area contributed by atoms with Crippen molar-refractivity contribution in [3.05, 3.63) is 0 Å². The van der Waals surface area contributed by atoms with E-state index in [1.807, 2.05) is 0 Å². The van der Waals surface area contributed by atoms with Crippen molar-refractivity contribution in [1.29, 1.82) is 0 Å². The highest BCUT2D eigenvalue weighted by Gasteiger charge is 2.82. The standard InChI is InChI=1S/C22H32O5/c1-12(23)16-7-9-21(25)17-5-4-14-10-15(26-13(2)24)6-8-20(14,3)18(17)11-19-22(16,21)27-19/h14-19,25H,4-11H2,1-3H3/t14-,15-,16-,17?,18?,19-,20+,21+,22-/m1/s1. The van der Waals surface area contributed by atoms with E-state index in [1.165, 1.54) is 6.92 Å². The third kappa shape index (κ3) is 2.19. The van der Waals surface area contributed by atoms with Crippen molar-refractivity contribution in [2.45, 2.75) is 95.5 Å². The van der Waals surface area contributed by atoms with E-state index >= 15 is 0 Å². The molecule has 0 amide bonds. The van der Waals surface area contributed by atoms with E-state index in [2.05, 4.69) is 6.92 Å². The Labute approximate surface area is 161 Å². The Bertz CT molecular complexity index is 690. The van der Waals surface area contributed by atoms with Crippen molar-refractivity contribution in [3.63, 3.8) is 0 Å². The van der Waals surface area contributed by atoms with E-state index in [0.29, 0.717) is 18.3 Å². The van der Waals surface area contributed by atoms with Gasteiger partial charge in [-0.3, -0.25) is 9.59 Å². The fourth-order valence-electron chi connectivity index (χ4n) is 8.10. The van der Waals surface area contributed by atoms with Crippen LogP contribution in [0.3, 0.4) is 0 Å². The Kier molecular flexibility index (Phi) is 3.73. The van der Waals surface area contributed by atoms with Gasteiger partial charge < -0.3 is 14.6 Å². The van der Waals surface area contributed by atoms with Gasteiger partial charge in [-0.1, -0.05) is 6.92 Å². The third-order valence-corrected chi connectivity index (χ3v) is 9.32. The number of ketones is 1. The summed E-state index contributed by atoms with van der Waals surface area (Å²) in [6.45, 7) is 5.55. The average molecular weight is 376 g/mol. The number of ether oxygens (including phenoxy) is 2. The number of hydrogen-bond donors (Lipinski definition) is 1. The number of carbonyl (C=O) groups excluding carboxylic acids is 2.